The van der Waals surface area contributed by atoms with E-state index < -0.39 is 12.6 Å². The number of carbonyl (C=O) groups excluding carboxylic acids is 1. The normalized spacial score (nSPS) is 19.5. The van der Waals surface area contributed by atoms with Gasteiger partial charge in [0, 0.05) is 12.6 Å². The highest BCUT2D eigenvalue weighted by Gasteiger charge is 2.36. The van der Waals surface area contributed by atoms with Gasteiger partial charge in [-0.1, -0.05) is 0 Å². The van der Waals surface area contributed by atoms with E-state index >= 15 is 0 Å². The number of hydrogen-bond acceptors (Lipinski definition) is 3. The number of carbonyl (C=O) groups is 2. The Morgan fingerprint density at radius 3 is 2.38 bits per heavy atom. The average molecular weight is 227 g/mol. The molecule has 2 fully saturated rings. The molecule has 0 atom stereocenters. The zero-order chi connectivity index (χ0) is 11.5. The lowest BCUT2D eigenvalue weighted by molar-refractivity contribution is -0.146. The van der Waals surface area contributed by atoms with Crippen LogP contribution in [0.1, 0.15) is 25.7 Å². The number of carboxylic acids is 1. The minimum absolute atomic E-state index is 0.0596. The SMILES string of the molecule is O=C(O)COCC(=O)N(CC1CC1)C1CC1. The molecule has 5 nitrogen and oxygen atoms in total. The standard InChI is InChI=1S/C11H17NO4/c13-10(6-16-7-11(14)15)12(9-3-4-9)5-8-1-2-8/h8-9H,1-7H2,(H,14,15). The van der Waals surface area contributed by atoms with Crippen LogP contribution in [0.4, 0.5) is 0 Å². The van der Waals surface area contributed by atoms with Crippen molar-refractivity contribution in [1.82, 2.24) is 4.90 Å². The third kappa shape index (κ3) is 3.48. The number of aliphatic carboxylic acids is 1. The van der Waals surface area contributed by atoms with Gasteiger partial charge >= 0.3 is 5.97 Å². The van der Waals surface area contributed by atoms with Crippen molar-refractivity contribution in [3.05, 3.63) is 0 Å². The molecule has 5 heteroatoms. The van der Waals surface area contributed by atoms with E-state index in [1.54, 1.807) is 0 Å². The van der Waals surface area contributed by atoms with E-state index in [0.717, 1.165) is 19.4 Å². The van der Waals surface area contributed by atoms with E-state index in [4.69, 9.17) is 9.84 Å². The third-order valence-corrected chi connectivity index (χ3v) is 2.91. The van der Waals surface area contributed by atoms with Crippen molar-refractivity contribution in [2.24, 2.45) is 5.92 Å². The number of nitrogens with zero attached hydrogens (tertiary/aromatic N) is 1. The van der Waals surface area contributed by atoms with Crippen LogP contribution >= 0.6 is 0 Å². The van der Waals surface area contributed by atoms with Gasteiger partial charge in [0.2, 0.25) is 5.91 Å². The summed E-state index contributed by atoms with van der Waals surface area (Å²) in [6.07, 6.45) is 4.59. The first-order valence-electron chi connectivity index (χ1n) is 5.76. The fourth-order valence-electron chi connectivity index (χ4n) is 1.73. The predicted molar refractivity (Wildman–Crippen MR) is 55.9 cm³/mol. The predicted octanol–water partition coefficient (Wildman–Crippen LogP) is 0.489. The Morgan fingerprint density at radius 1 is 1.19 bits per heavy atom. The first kappa shape index (κ1) is 11.4. The molecule has 2 aliphatic rings. The van der Waals surface area contributed by atoms with Crippen LogP contribution in [0, 0.1) is 5.92 Å². The van der Waals surface area contributed by atoms with Gasteiger partial charge in [0.25, 0.3) is 0 Å². The first-order valence-corrected chi connectivity index (χ1v) is 5.76. The number of hydrogen-bond donors (Lipinski definition) is 1. The Bertz CT molecular complexity index is 284. The fourth-order valence-corrected chi connectivity index (χ4v) is 1.73. The summed E-state index contributed by atoms with van der Waals surface area (Å²) in [7, 11) is 0. The minimum Gasteiger partial charge on any atom is -0.480 e. The minimum atomic E-state index is -1.03. The van der Waals surface area contributed by atoms with Crippen molar-refractivity contribution < 1.29 is 19.4 Å². The van der Waals surface area contributed by atoms with Crippen LogP contribution in [-0.4, -0.2) is 47.7 Å². The van der Waals surface area contributed by atoms with Gasteiger partial charge in [-0.25, -0.2) is 4.79 Å². The zero-order valence-electron chi connectivity index (χ0n) is 9.22. The van der Waals surface area contributed by atoms with Crippen LogP contribution < -0.4 is 0 Å². The Balaban J connectivity index is 1.72. The highest BCUT2D eigenvalue weighted by molar-refractivity contribution is 5.78. The quantitative estimate of drug-likeness (QED) is 0.687. The fraction of sp³-hybridized carbons (Fsp3) is 0.818. The molecule has 1 N–H and O–H groups in total. The second-order valence-corrected chi connectivity index (χ2v) is 4.61. The molecular formula is C11H17NO4. The molecule has 2 rings (SSSR count). The number of carboxylic acid groups (broad SMARTS) is 1. The topological polar surface area (TPSA) is 66.8 Å². The second-order valence-electron chi connectivity index (χ2n) is 4.61. The Hall–Kier alpha value is -1.10. The summed E-state index contributed by atoms with van der Waals surface area (Å²) in [5, 5.41) is 8.39. The second kappa shape index (κ2) is 4.82. The van der Waals surface area contributed by atoms with Gasteiger partial charge in [0.05, 0.1) is 0 Å². The molecule has 2 saturated carbocycles. The maximum atomic E-state index is 11.8. The lowest BCUT2D eigenvalue weighted by Gasteiger charge is -2.22. The number of amides is 1. The molecule has 0 aromatic heterocycles. The van der Waals surface area contributed by atoms with Crippen molar-refractivity contribution in [2.75, 3.05) is 19.8 Å². The van der Waals surface area contributed by atoms with Crippen LogP contribution in [-0.2, 0) is 14.3 Å². The van der Waals surface area contributed by atoms with Crippen molar-refractivity contribution in [1.29, 1.82) is 0 Å². The lowest BCUT2D eigenvalue weighted by atomic mass is 10.3. The average Bonchev–Trinajstić information content (AvgIpc) is 3.06. The molecule has 0 aromatic rings. The summed E-state index contributed by atoms with van der Waals surface area (Å²) >= 11 is 0. The molecule has 2 aliphatic carbocycles. The van der Waals surface area contributed by atoms with Gasteiger partial charge in [0.1, 0.15) is 13.2 Å². The van der Waals surface area contributed by atoms with Gasteiger partial charge in [-0.3, -0.25) is 4.79 Å². The van der Waals surface area contributed by atoms with E-state index in [9.17, 15) is 9.59 Å². The molecule has 0 heterocycles. The molecule has 0 aromatic carbocycles. The molecular weight excluding hydrogens is 210 g/mol. The van der Waals surface area contributed by atoms with Crippen molar-refractivity contribution in [2.45, 2.75) is 31.7 Å². The van der Waals surface area contributed by atoms with Crippen LogP contribution in [0.5, 0.6) is 0 Å². The molecule has 0 unspecified atom stereocenters. The maximum absolute atomic E-state index is 11.8. The van der Waals surface area contributed by atoms with Crippen LogP contribution in [0.15, 0.2) is 0 Å². The van der Waals surface area contributed by atoms with Gasteiger partial charge in [0.15, 0.2) is 0 Å². The summed E-state index contributed by atoms with van der Waals surface area (Å²) in [4.78, 5) is 23.9. The van der Waals surface area contributed by atoms with E-state index in [0.29, 0.717) is 12.0 Å². The molecule has 0 saturated heterocycles. The molecule has 0 spiro atoms. The Kier molecular flexibility index (Phi) is 3.43. The lowest BCUT2D eigenvalue weighted by Crippen LogP contribution is -2.37. The monoisotopic (exact) mass is 227 g/mol. The largest absolute Gasteiger partial charge is 0.480 e. The smallest absolute Gasteiger partial charge is 0.329 e. The molecule has 16 heavy (non-hydrogen) atoms. The Labute approximate surface area is 94.4 Å². The van der Waals surface area contributed by atoms with Gasteiger partial charge in [-0.15, -0.1) is 0 Å². The maximum Gasteiger partial charge on any atom is 0.329 e. The zero-order valence-corrected chi connectivity index (χ0v) is 9.22. The van der Waals surface area contributed by atoms with Gasteiger partial charge in [-0.05, 0) is 31.6 Å². The molecule has 0 radical (unpaired) electrons. The number of rotatable bonds is 7. The third-order valence-electron chi connectivity index (χ3n) is 2.91. The Morgan fingerprint density at radius 2 is 1.88 bits per heavy atom. The van der Waals surface area contributed by atoms with E-state index in [1.807, 2.05) is 4.90 Å². The van der Waals surface area contributed by atoms with Gasteiger partial charge < -0.3 is 14.7 Å². The highest BCUT2D eigenvalue weighted by atomic mass is 16.5. The number of ether oxygens (including phenoxy) is 1. The summed E-state index contributed by atoms with van der Waals surface area (Å²) < 4.78 is 4.83. The molecule has 0 bridgehead atoms. The summed E-state index contributed by atoms with van der Waals surface area (Å²) in [5.41, 5.74) is 0. The summed E-state index contributed by atoms with van der Waals surface area (Å²) in [6, 6.07) is 0.390. The molecule has 1 amide bonds. The van der Waals surface area contributed by atoms with Crippen LogP contribution in [0.25, 0.3) is 0 Å². The van der Waals surface area contributed by atoms with Crippen molar-refractivity contribution in [3.8, 4) is 0 Å². The van der Waals surface area contributed by atoms with Crippen molar-refractivity contribution >= 4 is 11.9 Å². The highest BCUT2D eigenvalue weighted by Crippen LogP contribution is 2.34. The van der Waals surface area contributed by atoms with E-state index in [2.05, 4.69) is 0 Å². The molecule has 90 valence electrons. The van der Waals surface area contributed by atoms with Crippen LogP contribution in [0.2, 0.25) is 0 Å². The van der Waals surface area contributed by atoms with Crippen LogP contribution in [0.3, 0.4) is 0 Å². The van der Waals surface area contributed by atoms with E-state index in [-0.39, 0.29) is 12.5 Å². The molecule has 0 aliphatic heterocycles. The van der Waals surface area contributed by atoms with E-state index in [1.165, 1.54) is 12.8 Å². The van der Waals surface area contributed by atoms with Gasteiger partial charge in [-0.2, -0.15) is 0 Å². The summed E-state index contributed by atoms with van der Waals surface area (Å²) in [5.74, 6) is -0.423. The summed E-state index contributed by atoms with van der Waals surface area (Å²) in [6.45, 7) is 0.336. The first-order chi connectivity index (χ1) is 7.66. The van der Waals surface area contributed by atoms with Crippen molar-refractivity contribution in [3.63, 3.8) is 0 Å².